The standard InChI is InChI=1S/C11H18N6O3/c1-15-2-4-16(5-3-15)14-11(20)13-9-6-12-17(7-9)8-10(18)19/h6-7H,2-5,8H2,1H3,(H,18,19)(H2,13,14,20). The highest BCUT2D eigenvalue weighted by Gasteiger charge is 2.15. The number of urea groups is 1. The molecule has 2 amide bonds. The van der Waals surface area contributed by atoms with Crippen molar-refractivity contribution in [3.05, 3.63) is 12.4 Å². The molecule has 1 aromatic heterocycles. The number of hydrazine groups is 1. The lowest BCUT2D eigenvalue weighted by atomic mass is 10.4. The Morgan fingerprint density at radius 2 is 2.05 bits per heavy atom. The van der Waals surface area contributed by atoms with Crippen LogP contribution in [-0.2, 0) is 11.3 Å². The maximum absolute atomic E-state index is 11.8. The molecule has 0 atom stereocenters. The Balaban J connectivity index is 1.79. The normalized spacial score (nSPS) is 16.9. The molecule has 9 heteroatoms. The second kappa shape index (κ2) is 6.35. The number of carbonyl (C=O) groups excluding carboxylic acids is 1. The molecule has 0 radical (unpaired) electrons. The number of hydrogen-bond acceptors (Lipinski definition) is 5. The lowest BCUT2D eigenvalue weighted by Gasteiger charge is -2.32. The molecule has 0 unspecified atom stereocenters. The molecule has 2 rings (SSSR count). The molecule has 1 aliphatic heterocycles. The van der Waals surface area contributed by atoms with Crippen molar-refractivity contribution < 1.29 is 14.7 Å². The largest absolute Gasteiger partial charge is 0.480 e. The summed E-state index contributed by atoms with van der Waals surface area (Å²) in [5.41, 5.74) is 3.20. The zero-order chi connectivity index (χ0) is 14.5. The third-order valence-corrected chi connectivity index (χ3v) is 2.95. The quantitative estimate of drug-likeness (QED) is 0.671. The number of likely N-dealkylation sites (N-methyl/N-ethyl adjacent to an activating group) is 1. The molecule has 9 nitrogen and oxygen atoms in total. The van der Waals surface area contributed by atoms with Gasteiger partial charge in [-0.3, -0.25) is 14.9 Å². The van der Waals surface area contributed by atoms with Gasteiger partial charge in [-0.2, -0.15) is 5.10 Å². The molecular weight excluding hydrogens is 264 g/mol. The summed E-state index contributed by atoms with van der Waals surface area (Å²) >= 11 is 0. The fourth-order valence-corrected chi connectivity index (χ4v) is 1.87. The number of carboxylic acid groups (broad SMARTS) is 1. The van der Waals surface area contributed by atoms with E-state index >= 15 is 0 Å². The Hall–Kier alpha value is -2.13. The molecule has 0 saturated carbocycles. The molecule has 2 heterocycles. The summed E-state index contributed by atoms with van der Waals surface area (Å²) in [6.45, 7) is 3.10. The van der Waals surface area contributed by atoms with Crippen molar-refractivity contribution >= 4 is 17.7 Å². The summed E-state index contributed by atoms with van der Waals surface area (Å²) < 4.78 is 1.24. The van der Waals surface area contributed by atoms with Crippen molar-refractivity contribution in [3.63, 3.8) is 0 Å². The Morgan fingerprint density at radius 3 is 2.70 bits per heavy atom. The first kappa shape index (κ1) is 14.3. The summed E-state index contributed by atoms with van der Waals surface area (Å²) in [4.78, 5) is 24.5. The van der Waals surface area contributed by atoms with E-state index in [-0.39, 0.29) is 12.6 Å². The Kier molecular flexibility index (Phi) is 4.53. The van der Waals surface area contributed by atoms with E-state index in [1.54, 1.807) is 0 Å². The fraction of sp³-hybridized carbons (Fsp3) is 0.545. The van der Waals surface area contributed by atoms with Crippen LogP contribution in [0.15, 0.2) is 12.4 Å². The molecule has 0 aliphatic carbocycles. The van der Waals surface area contributed by atoms with Gasteiger partial charge >= 0.3 is 12.0 Å². The summed E-state index contributed by atoms with van der Waals surface area (Å²) in [5, 5.41) is 16.9. The molecule has 1 saturated heterocycles. The lowest BCUT2D eigenvalue weighted by Crippen LogP contribution is -2.53. The highest BCUT2D eigenvalue weighted by Crippen LogP contribution is 2.04. The van der Waals surface area contributed by atoms with Crippen LogP contribution < -0.4 is 10.7 Å². The predicted molar refractivity (Wildman–Crippen MR) is 71.1 cm³/mol. The van der Waals surface area contributed by atoms with Crippen LogP contribution in [0.3, 0.4) is 0 Å². The SMILES string of the molecule is CN1CCN(NC(=O)Nc2cnn(CC(=O)O)c2)CC1. The smallest absolute Gasteiger partial charge is 0.333 e. The van der Waals surface area contributed by atoms with Crippen molar-refractivity contribution in [2.75, 3.05) is 38.5 Å². The number of carbonyl (C=O) groups is 2. The Labute approximate surface area is 116 Å². The molecule has 1 aromatic rings. The van der Waals surface area contributed by atoms with Gasteiger partial charge in [-0.05, 0) is 7.05 Å². The minimum absolute atomic E-state index is 0.234. The summed E-state index contributed by atoms with van der Waals surface area (Å²) in [6.07, 6.45) is 2.88. The summed E-state index contributed by atoms with van der Waals surface area (Å²) in [7, 11) is 2.04. The average molecular weight is 282 g/mol. The maximum Gasteiger partial charge on any atom is 0.333 e. The van der Waals surface area contributed by atoms with E-state index in [2.05, 4.69) is 20.7 Å². The summed E-state index contributed by atoms with van der Waals surface area (Å²) in [6, 6.07) is -0.357. The van der Waals surface area contributed by atoms with E-state index in [4.69, 9.17) is 5.11 Å². The molecule has 20 heavy (non-hydrogen) atoms. The number of aliphatic carboxylic acids is 1. The number of nitrogens with zero attached hydrogens (tertiary/aromatic N) is 4. The lowest BCUT2D eigenvalue weighted by molar-refractivity contribution is -0.137. The molecule has 3 N–H and O–H groups in total. The minimum atomic E-state index is -0.985. The molecule has 1 aliphatic rings. The second-order valence-electron chi connectivity index (χ2n) is 4.68. The van der Waals surface area contributed by atoms with Crippen LogP contribution in [0.2, 0.25) is 0 Å². The van der Waals surface area contributed by atoms with Gasteiger partial charge in [0.05, 0.1) is 11.9 Å². The number of rotatable bonds is 4. The number of nitrogens with one attached hydrogen (secondary N) is 2. The first-order valence-corrected chi connectivity index (χ1v) is 6.28. The van der Waals surface area contributed by atoms with Gasteiger partial charge in [-0.1, -0.05) is 0 Å². The third kappa shape index (κ3) is 4.21. The summed E-state index contributed by atoms with van der Waals surface area (Å²) in [5.74, 6) is -0.985. The number of aromatic nitrogens is 2. The second-order valence-corrected chi connectivity index (χ2v) is 4.68. The van der Waals surface area contributed by atoms with Crippen LogP contribution in [0.5, 0.6) is 0 Å². The van der Waals surface area contributed by atoms with E-state index in [1.807, 2.05) is 12.1 Å². The van der Waals surface area contributed by atoms with E-state index in [9.17, 15) is 9.59 Å². The van der Waals surface area contributed by atoms with Gasteiger partial charge in [-0.15, -0.1) is 0 Å². The van der Waals surface area contributed by atoms with Crippen molar-refractivity contribution in [1.82, 2.24) is 25.1 Å². The van der Waals surface area contributed by atoms with Gasteiger partial charge in [0.15, 0.2) is 0 Å². The van der Waals surface area contributed by atoms with E-state index in [0.29, 0.717) is 5.69 Å². The van der Waals surface area contributed by atoms with Crippen molar-refractivity contribution in [2.45, 2.75) is 6.54 Å². The highest BCUT2D eigenvalue weighted by molar-refractivity contribution is 5.88. The number of piperazine rings is 1. The van der Waals surface area contributed by atoms with E-state index in [1.165, 1.54) is 17.1 Å². The van der Waals surface area contributed by atoms with Crippen molar-refractivity contribution in [2.24, 2.45) is 0 Å². The molecule has 0 bridgehead atoms. The average Bonchev–Trinajstić information content (AvgIpc) is 2.78. The first-order chi connectivity index (χ1) is 9.52. The van der Waals surface area contributed by atoms with Crippen molar-refractivity contribution in [3.8, 4) is 0 Å². The van der Waals surface area contributed by atoms with Crippen LogP contribution in [0.25, 0.3) is 0 Å². The van der Waals surface area contributed by atoms with Gasteiger partial charge in [0, 0.05) is 32.4 Å². The molecule has 110 valence electrons. The van der Waals surface area contributed by atoms with Crippen LogP contribution >= 0.6 is 0 Å². The van der Waals surface area contributed by atoms with E-state index < -0.39 is 5.97 Å². The predicted octanol–water partition coefficient (Wildman–Crippen LogP) is -0.748. The maximum atomic E-state index is 11.8. The Bertz CT molecular complexity index is 480. The van der Waals surface area contributed by atoms with Gasteiger partial charge in [0.2, 0.25) is 0 Å². The van der Waals surface area contributed by atoms with Gasteiger partial charge in [0.25, 0.3) is 0 Å². The molecular formula is C11H18N6O3. The topological polar surface area (TPSA) is 103 Å². The zero-order valence-corrected chi connectivity index (χ0v) is 11.2. The Morgan fingerprint density at radius 1 is 1.35 bits per heavy atom. The van der Waals surface area contributed by atoms with Crippen LogP contribution in [-0.4, -0.2) is 70.0 Å². The third-order valence-electron chi connectivity index (χ3n) is 2.95. The van der Waals surface area contributed by atoms with Crippen LogP contribution in [0.4, 0.5) is 10.5 Å². The van der Waals surface area contributed by atoms with Gasteiger partial charge in [-0.25, -0.2) is 9.80 Å². The highest BCUT2D eigenvalue weighted by atomic mass is 16.4. The van der Waals surface area contributed by atoms with Crippen LogP contribution in [0.1, 0.15) is 0 Å². The number of amides is 2. The minimum Gasteiger partial charge on any atom is -0.480 e. The van der Waals surface area contributed by atoms with Gasteiger partial charge in [0.1, 0.15) is 6.54 Å². The van der Waals surface area contributed by atoms with Crippen molar-refractivity contribution in [1.29, 1.82) is 0 Å². The van der Waals surface area contributed by atoms with E-state index in [0.717, 1.165) is 26.2 Å². The fourth-order valence-electron chi connectivity index (χ4n) is 1.87. The molecule has 0 spiro atoms. The zero-order valence-electron chi connectivity index (χ0n) is 11.2. The molecule has 1 fully saturated rings. The molecule has 0 aromatic carbocycles. The monoisotopic (exact) mass is 282 g/mol. The first-order valence-electron chi connectivity index (χ1n) is 6.28. The number of hydrogen-bond donors (Lipinski definition) is 3. The van der Waals surface area contributed by atoms with Gasteiger partial charge < -0.3 is 15.3 Å². The number of anilines is 1. The number of carboxylic acids is 1. The van der Waals surface area contributed by atoms with Crippen LogP contribution in [0, 0.1) is 0 Å².